The van der Waals surface area contributed by atoms with Gasteiger partial charge >= 0.3 is 5.97 Å². The zero-order chi connectivity index (χ0) is 15.1. The highest BCUT2D eigenvalue weighted by Crippen LogP contribution is 2.22. The Hall–Kier alpha value is -2.20. The van der Waals surface area contributed by atoms with Gasteiger partial charge in [-0.25, -0.2) is 4.79 Å². The second kappa shape index (κ2) is 7.55. The number of thioether (sulfide) groups is 1. The molecule has 1 N–H and O–H groups in total. The van der Waals surface area contributed by atoms with Gasteiger partial charge in [0.2, 0.25) is 0 Å². The molecular formula is C17H16O3S. The molecule has 21 heavy (non-hydrogen) atoms. The molecule has 108 valence electrons. The minimum absolute atomic E-state index is 0.369. The molecule has 0 heterocycles. The molecule has 0 spiro atoms. The van der Waals surface area contributed by atoms with Gasteiger partial charge in [-0.2, -0.15) is 0 Å². The second-order valence-electron chi connectivity index (χ2n) is 4.35. The van der Waals surface area contributed by atoms with Gasteiger partial charge in [0.1, 0.15) is 5.75 Å². The van der Waals surface area contributed by atoms with E-state index in [1.807, 2.05) is 54.6 Å². The molecule has 0 saturated carbocycles. The first-order valence-corrected chi connectivity index (χ1v) is 7.43. The Morgan fingerprint density at radius 3 is 2.38 bits per heavy atom. The van der Waals surface area contributed by atoms with Gasteiger partial charge in [-0.1, -0.05) is 30.3 Å². The number of aliphatic carboxylic acids is 1. The fraction of sp³-hybridized carbons (Fsp3) is 0.118. The lowest BCUT2D eigenvalue weighted by molar-refractivity contribution is -0.132. The van der Waals surface area contributed by atoms with Crippen molar-refractivity contribution in [1.29, 1.82) is 0 Å². The molecule has 2 rings (SSSR count). The topological polar surface area (TPSA) is 46.5 Å². The van der Waals surface area contributed by atoms with Crippen molar-refractivity contribution in [2.45, 2.75) is 4.90 Å². The van der Waals surface area contributed by atoms with E-state index >= 15 is 0 Å². The van der Waals surface area contributed by atoms with Gasteiger partial charge in [-0.05, 0) is 35.9 Å². The zero-order valence-corrected chi connectivity index (χ0v) is 12.5. The molecule has 0 amide bonds. The van der Waals surface area contributed by atoms with Gasteiger partial charge in [-0.3, -0.25) is 0 Å². The fourth-order valence-electron chi connectivity index (χ4n) is 1.74. The number of hydrogen-bond acceptors (Lipinski definition) is 3. The number of methoxy groups -OCH3 is 1. The Labute approximate surface area is 128 Å². The molecule has 0 aliphatic carbocycles. The van der Waals surface area contributed by atoms with Crippen LogP contribution in [0.15, 0.2) is 65.1 Å². The molecule has 2 aromatic rings. The highest BCUT2D eigenvalue weighted by molar-refractivity contribution is 7.99. The summed E-state index contributed by atoms with van der Waals surface area (Å²) in [4.78, 5) is 12.4. The summed E-state index contributed by atoms with van der Waals surface area (Å²) < 4.78 is 5.09. The quantitative estimate of drug-likeness (QED) is 0.648. The van der Waals surface area contributed by atoms with E-state index in [0.717, 1.165) is 16.2 Å². The largest absolute Gasteiger partial charge is 0.497 e. The van der Waals surface area contributed by atoms with Crippen molar-refractivity contribution < 1.29 is 14.6 Å². The van der Waals surface area contributed by atoms with Gasteiger partial charge in [0.05, 0.1) is 7.11 Å². The van der Waals surface area contributed by atoms with Crippen LogP contribution in [0.1, 0.15) is 5.56 Å². The van der Waals surface area contributed by atoms with Gasteiger partial charge < -0.3 is 9.84 Å². The number of carboxylic acids is 1. The maximum absolute atomic E-state index is 11.3. The predicted octanol–water partition coefficient (Wildman–Crippen LogP) is 3.96. The molecule has 0 radical (unpaired) electrons. The van der Waals surface area contributed by atoms with Crippen LogP contribution in [0.4, 0.5) is 0 Å². The van der Waals surface area contributed by atoms with Crippen molar-refractivity contribution in [3.8, 4) is 5.75 Å². The first kappa shape index (κ1) is 15.2. The Balaban J connectivity index is 2.10. The third-order valence-electron chi connectivity index (χ3n) is 2.87. The Morgan fingerprint density at radius 1 is 1.14 bits per heavy atom. The first-order chi connectivity index (χ1) is 10.2. The summed E-state index contributed by atoms with van der Waals surface area (Å²) in [6, 6.07) is 17.1. The smallest absolute Gasteiger partial charge is 0.332 e. The molecule has 0 fully saturated rings. The van der Waals surface area contributed by atoms with Gasteiger partial charge in [0.25, 0.3) is 0 Å². The van der Waals surface area contributed by atoms with E-state index in [4.69, 9.17) is 4.74 Å². The van der Waals surface area contributed by atoms with Crippen LogP contribution >= 0.6 is 11.8 Å². The first-order valence-electron chi connectivity index (χ1n) is 6.45. The van der Waals surface area contributed by atoms with Gasteiger partial charge in [-0.15, -0.1) is 11.8 Å². The van der Waals surface area contributed by atoms with Crippen molar-refractivity contribution >= 4 is 23.8 Å². The second-order valence-corrected chi connectivity index (χ2v) is 5.40. The summed E-state index contributed by atoms with van der Waals surface area (Å²) in [5.41, 5.74) is 1.22. The highest BCUT2D eigenvalue weighted by Gasteiger charge is 2.08. The minimum atomic E-state index is -0.894. The van der Waals surface area contributed by atoms with Crippen LogP contribution in [0, 0.1) is 0 Å². The van der Waals surface area contributed by atoms with Crippen molar-refractivity contribution in [3.63, 3.8) is 0 Å². The van der Waals surface area contributed by atoms with Crippen molar-refractivity contribution in [1.82, 2.24) is 0 Å². The monoisotopic (exact) mass is 300 g/mol. The molecule has 0 aliphatic rings. The molecule has 4 heteroatoms. The average Bonchev–Trinajstić information content (AvgIpc) is 2.52. The lowest BCUT2D eigenvalue weighted by Crippen LogP contribution is -2.03. The molecule has 0 unspecified atom stereocenters. The van der Waals surface area contributed by atoms with Crippen molar-refractivity contribution in [2.24, 2.45) is 0 Å². The molecule has 0 aliphatic heterocycles. The number of ether oxygens (including phenoxy) is 1. The van der Waals surface area contributed by atoms with Crippen LogP contribution in [-0.4, -0.2) is 23.9 Å². The minimum Gasteiger partial charge on any atom is -0.497 e. The molecule has 2 aromatic carbocycles. The molecule has 0 atom stereocenters. The van der Waals surface area contributed by atoms with E-state index in [0.29, 0.717) is 11.3 Å². The average molecular weight is 300 g/mol. The summed E-state index contributed by atoms with van der Waals surface area (Å²) in [6.07, 6.45) is 1.69. The van der Waals surface area contributed by atoms with E-state index in [9.17, 15) is 9.90 Å². The van der Waals surface area contributed by atoms with E-state index in [2.05, 4.69) is 0 Å². The van der Waals surface area contributed by atoms with Crippen LogP contribution in [-0.2, 0) is 4.79 Å². The summed E-state index contributed by atoms with van der Waals surface area (Å²) in [6.45, 7) is 0. The number of carbonyl (C=O) groups is 1. The summed E-state index contributed by atoms with van der Waals surface area (Å²) in [7, 11) is 1.60. The third-order valence-corrected chi connectivity index (χ3v) is 3.93. The third kappa shape index (κ3) is 4.68. The van der Waals surface area contributed by atoms with Crippen molar-refractivity contribution in [2.75, 3.05) is 12.9 Å². The summed E-state index contributed by atoms with van der Waals surface area (Å²) >= 11 is 1.51. The van der Waals surface area contributed by atoms with E-state index in [-0.39, 0.29) is 0 Å². The molecule has 0 bridgehead atoms. The number of rotatable bonds is 6. The number of carboxylic acid groups (broad SMARTS) is 1. The zero-order valence-electron chi connectivity index (χ0n) is 11.7. The lowest BCUT2D eigenvalue weighted by atomic mass is 10.1. The molecule has 3 nitrogen and oxygen atoms in total. The molecule has 0 aromatic heterocycles. The van der Waals surface area contributed by atoms with Gasteiger partial charge in [0, 0.05) is 16.2 Å². The fourth-order valence-corrected chi connectivity index (χ4v) is 2.62. The van der Waals surface area contributed by atoms with Crippen LogP contribution in [0.2, 0.25) is 0 Å². The van der Waals surface area contributed by atoms with Gasteiger partial charge in [0.15, 0.2) is 0 Å². The molecular weight excluding hydrogens is 284 g/mol. The highest BCUT2D eigenvalue weighted by atomic mass is 32.2. The lowest BCUT2D eigenvalue weighted by Gasteiger charge is -2.04. The standard InChI is InChI=1S/C17H16O3S/c1-20-15-9-7-13(8-10-15)11-14(17(18)19)12-21-16-5-3-2-4-6-16/h2-11H,12H2,1H3,(H,18,19)/b14-11+. The van der Waals surface area contributed by atoms with E-state index in [1.54, 1.807) is 13.2 Å². The maximum Gasteiger partial charge on any atom is 0.332 e. The predicted molar refractivity (Wildman–Crippen MR) is 85.8 cm³/mol. The Morgan fingerprint density at radius 2 is 1.81 bits per heavy atom. The normalized spacial score (nSPS) is 11.2. The van der Waals surface area contributed by atoms with E-state index in [1.165, 1.54) is 11.8 Å². The van der Waals surface area contributed by atoms with E-state index < -0.39 is 5.97 Å². The molecule has 0 saturated heterocycles. The maximum atomic E-state index is 11.3. The number of hydrogen-bond donors (Lipinski definition) is 1. The van der Waals surface area contributed by atoms with Crippen LogP contribution in [0.25, 0.3) is 6.08 Å². The van der Waals surface area contributed by atoms with Crippen LogP contribution in [0.5, 0.6) is 5.75 Å². The summed E-state index contributed by atoms with van der Waals surface area (Å²) in [5.74, 6) is 0.280. The van der Waals surface area contributed by atoms with Crippen LogP contribution < -0.4 is 4.74 Å². The Bertz CT molecular complexity index is 618. The van der Waals surface area contributed by atoms with Crippen molar-refractivity contribution in [3.05, 3.63) is 65.7 Å². The van der Waals surface area contributed by atoms with Crippen LogP contribution in [0.3, 0.4) is 0 Å². The number of benzene rings is 2. The Kier molecular flexibility index (Phi) is 5.46. The summed E-state index contributed by atoms with van der Waals surface area (Å²) in [5, 5.41) is 9.31. The SMILES string of the molecule is COc1ccc(/C=C(\CSc2ccccc2)C(=O)O)cc1.